The van der Waals surface area contributed by atoms with Crippen molar-refractivity contribution in [2.75, 3.05) is 5.32 Å². The maximum absolute atomic E-state index is 4.76. The van der Waals surface area contributed by atoms with Gasteiger partial charge in [-0.05, 0) is 38.1 Å². The van der Waals surface area contributed by atoms with Gasteiger partial charge < -0.3 is 10.3 Å². The first kappa shape index (κ1) is 13.4. The maximum Gasteiger partial charge on any atom is 0.149 e. The molecule has 0 fully saturated rings. The molecule has 0 saturated carbocycles. The van der Waals surface area contributed by atoms with Gasteiger partial charge in [0.15, 0.2) is 0 Å². The van der Waals surface area contributed by atoms with Crippen molar-refractivity contribution in [2.45, 2.75) is 20.0 Å². The van der Waals surface area contributed by atoms with Crippen LogP contribution >= 0.6 is 0 Å². The van der Waals surface area contributed by atoms with Gasteiger partial charge in [-0.2, -0.15) is 5.10 Å². The molecule has 0 saturated heterocycles. The molecule has 0 aliphatic carbocycles. The van der Waals surface area contributed by atoms with Crippen LogP contribution in [0.4, 0.5) is 5.69 Å². The lowest BCUT2D eigenvalue weighted by Gasteiger charge is -2.29. The first-order valence-corrected chi connectivity index (χ1v) is 8.20. The second-order valence-electron chi connectivity index (χ2n) is 6.50. The fourth-order valence-electron chi connectivity index (χ4n) is 3.65. The second kappa shape index (κ2) is 4.74. The molecule has 4 heteroatoms. The van der Waals surface area contributed by atoms with Gasteiger partial charge >= 0.3 is 0 Å². The zero-order chi connectivity index (χ0) is 16.3. The van der Waals surface area contributed by atoms with Gasteiger partial charge in [0.25, 0.3) is 0 Å². The molecule has 2 aromatic carbocycles. The Hall–Kier alpha value is -3.01. The molecule has 2 aromatic heterocycles. The average Bonchev–Trinajstić information content (AvgIpc) is 3.18. The molecule has 0 radical (unpaired) electrons. The van der Waals surface area contributed by atoms with E-state index in [2.05, 4.69) is 76.6 Å². The lowest BCUT2D eigenvalue weighted by atomic mass is 10.0. The second-order valence-corrected chi connectivity index (χ2v) is 6.50. The zero-order valence-corrected chi connectivity index (χ0v) is 13.7. The van der Waals surface area contributed by atoms with Crippen LogP contribution in [-0.2, 0) is 0 Å². The van der Waals surface area contributed by atoms with Crippen molar-refractivity contribution < 1.29 is 0 Å². The number of rotatable bonds is 1. The first-order valence-electron chi connectivity index (χ1n) is 8.20. The van der Waals surface area contributed by atoms with Crippen LogP contribution in [0.3, 0.4) is 0 Å². The Morgan fingerprint density at radius 1 is 1.04 bits per heavy atom. The van der Waals surface area contributed by atoms with E-state index in [1.165, 1.54) is 27.8 Å². The van der Waals surface area contributed by atoms with E-state index in [4.69, 9.17) is 5.10 Å². The molecule has 4 aromatic rings. The molecule has 1 atom stereocenters. The SMILES string of the molecule is Cc1ccc2c(c1)-c1cc(C)nn1C(c1c[nH]c3ccccc13)N2. The summed E-state index contributed by atoms with van der Waals surface area (Å²) in [6, 6.07) is 17.1. The van der Waals surface area contributed by atoms with Crippen molar-refractivity contribution >= 4 is 16.6 Å². The number of anilines is 1. The largest absolute Gasteiger partial charge is 0.361 e. The van der Waals surface area contributed by atoms with Crippen molar-refractivity contribution in [3.8, 4) is 11.3 Å². The Balaban J connectivity index is 1.75. The third kappa shape index (κ3) is 1.83. The Labute approximate surface area is 140 Å². The van der Waals surface area contributed by atoms with Crippen LogP contribution in [0.5, 0.6) is 0 Å². The summed E-state index contributed by atoms with van der Waals surface area (Å²) in [5, 5.41) is 9.66. The van der Waals surface area contributed by atoms with Gasteiger partial charge in [-0.3, -0.25) is 0 Å². The molecule has 1 aliphatic rings. The number of H-pyrrole nitrogens is 1. The molecule has 24 heavy (non-hydrogen) atoms. The Morgan fingerprint density at radius 3 is 2.83 bits per heavy atom. The van der Waals surface area contributed by atoms with Crippen LogP contribution in [0.15, 0.2) is 54.7 Å². The summed E-state index contributed by atoms with van der Waals surface area (Å²) in [4.78, 5) is 3.38. The molecule has 1 aliphatic heterocycles. The summed E-state index contributed by atoms with van der Waals surface area (Å²) in [5.74, 6) is 0. The number of para-hydroxylation sites is 1. The Kier molecular flexibility index (Phi) is 2.65. The Bertz CT molecular complexity index is 1070. The lowest BCUT2D eigenvalue weighted by Crippen LogP contribution is -2.25. The van der Waals surface area contributed by atoms with E-state index in [0.717, 1.165) is 16.9 Å². The minimum Gasteiger partial charge on any atom is -0.361 e. The molecule has 0 bridgehead atoms. The van der Waals surface area contributed by atoms with Gasteiger partial charge in [0.1, 0.15) is 6.17 Å². The van der Waals surface area contributed by atoms with Crippen molar-refractivity contribution in [1.82, 2.24) is 14.8 Å². The Morgan fingerprint density at radius 2 is 1.92 bits per heavy atom. The third-order valence-corrected chi connectivity index (χ3v) is 4.76. The number of aryl methyl sites for hydroxylation is 2. The van der Waals surface area contributed by atoms with Crippen LogP contribution in [0, 0.1) is 13.8 Å². The monoisotopic (exact) mass is 314 g/mol. The van der Waals surface area contributed by atoms with Crippen LogP contribution in [0.2, 0.25) is 0 Å². The predicted octanol–water partition coefficient (Wildman–Crippen LogP) is 4.62. The molecular weight excluding hydrogens is 296 g/mol. The number of hydrogen-bond acceptors (Lipinski definition) is 2. The zero-order valence-electron chi connectivity index (χ0n) is 13.7. The normalized spacial score (nSPS) is 15.8. The number of aromatic amines is 1. The highest BCUT2D eigenvalue weighted by atomic mass is 15.4. The molecule has 0 spiro atoms. The quantitative estimate of drug-likeness (QED) is 0.538. The molecule has 2 N–H and O–H groups in total. The summed E-state index contributed by atoms with van der Waals surface area (Å²) in [6.45, 7) is 4.17. The molecule has 118 valence electrons. The van der Waals surface area contributed by atoms with Gasteiger partial charge in [0, 0.05) is 33.9 Å². The van der Waals surface area contributed by atoms with E-state index in [1.807, 2.05) is 6.92 Å². The summed E-state index contributed by atoms with van der Waals surface area (Å²) in [7, 11) is 0. The number of nitrogens with zero attached hydrogens (tertiary/aromatic N) is 2. The van der Waals surface area contributed by atoms with Gasteiger partial charge in [-0.1, -0.05) is 29.8 Å². The average molecular weight is 314 g/mol. The fourth-order valence-corrected chi connectivity index (χ4v) is 3.65. The molecule has 5 rings (SSSR count). The van der Waals surface area contributed by atoms with Crippen molar-refractivity contribution in [2.24, 2.45) is 0 Å². The molecule has 4 nitrogen and oxygen atoms in total. The number of nitrogens with one attached hydrogen (secondary N) is 2. The molecule has 0 amide bonds. The highest BCUT2D eigenvalue weighted by Gasteiger charge is 2.28. The number of fused-ring (bicyclic) bond motifs is 4. The van der Waals surface area contributed by atoms with Crippen molar-refractivity contribution in [3.63, 3.8) is 0 Å². The van der Waals surface area contributed by atoms with Crippen molar-refractivity contribution in [3.05, 3.63) is 71.5 Å². The highest BCUT2D eigenvalue weighted by molar-refractivity contribution is 5.86. The number of aromatic nitrogens is 3. The minimum atomic E-state index is -0.0138. The fraction of sp³-hybridized carbons (Fsp3) is 0.150. The van der Waals surface area contributed by atoms with Crippen molar-refractivity contribution in [1.29, 1.82) is 0 Å². The minimum absolute atomic E-state index is 0.0138. The summed E-state index contributed by atoms with van der Waals surface area (Å²) in [6.07, 6.45) is 2.07. The highest BCUT2D eigenvalue weighted by Crippen LogP contribution is 2.40. The molecule has 1 unspecified atom stereocenters. The molecule has 3 heterocycles. The van der Waals surface area contributed by atoms with E-state index in [-0.39, 0.29) is 6.17 Å². The van der Waals surface area contributed by atoms with E-state index in [9.17, 15) is 0 Å². The topological polar surface area (TPSA) is 45.6 Å². The molecular formula is C20H18N4. The lowest BCUT2D eigenvalue weighted by molar-refractivity contribution is 0.574. The predicted molar refractivity (Wildman–Crippen MR) is 97.2 cm³/mol. The smallest absolute Gasteiger partial charge is 0.149 e. The van der Waals surface area contributed by atoms with Gasteiger partial charge in [0.05, 0.1) is 11.4 Å². The standard InChI is InChI=1S/C20H18N4/c1-12-7-8-18-15(9-12)19-10-13(2)23-24(19)20(22-18)16-11-21-17-6-4-3-5-14(16)17/h3-11,20-22H,1-2H3. The van der Waals surface area contributed by atoms with Crippen LogP contribution in [-0.4, -0.2) is 14.8 Å². The van der Waals surface area contributed by atoms with Gasteiger partial charge in [-0.15, -0.1) is 0 Å². The van der Waals surface area contributed by atoms with Crippen LogP contribution in [0.25, 0.3) is 22.2 Å². The van der Waals surface area contributed by atoms with E-state index >= 15 is 0 Å². The van der Waals surface area contributed by atoms with E-state index in [0.29, 0.717) is 0 Å². The summed E-state index contributed by atoms with van der Waals surface area (Å²) < 4.78 is 2.10. The van der Waals surface area contributed by atoms with Crippen LogP contribution < -0.4 is 5.32 Å². The van der Waals surface area contributed by atoms with E-state index in [1.54, 1.807) is 0 Å². The van der Waals surface area contributed by atoms with Gasteiger partial charge in [-0.25, -0.2) is 4.68 Å². The number of benzene rings is 2. The third-order valence-electron chi connectivity index (χ3n) is 4.76. The summed E-state index contributed by atoms with van der Waals surface area (Å²) in [5.41, 5.74) is 8.18. The summed E-state index contributed by atoms with van der Waals surface area (Å²) >= 11 is 0. The maximum atomic E-state index is 4.76. The van der Waals surface area contributed by atoms with Gasteiger partial charge in [0.2, 0.25) is 0 Å². The first-order chi connectivity index (χ1) is 11.7. The van der Waals surface area contributed by atoms with E-state index < -0.39 is 0 Å². The van der Waals surface area contributed by atoms with Crippen LogP contribution in [0.1, 0.15) is 23.0 Å². The number of hydrogen-bond donors (Lipinski definition) is 2.